The number of hydrogen-bond acceptors (Lipinski definition) is 5. The summed E-state index contributed by atoms with van der Waals surface area (Å²) in [5, 5.41) is 3.07. The van der Waals surface area contributed by atoms with Crippen LogP contribution in [0.15, 0.2) is 78.9 Å². The van der Waals surface area contributed by atoms with E-state index in [0.29, 0.717) is 17.9 Å². The number of carbonyl (C=O) groups excluding carboxylic acids is 2. The second kappa shape index (κ2) is 14.4. The highest BCUT2D eigenvalue weighted by Gasteiger charge is 2.32. The molecule has 0 aromatic heterocycles. The van der Waals surface area contributed by atoms with Gasteiger partial charge in [-0.1, -0.05) is 72.3 Å². The third kappa shape index (κ3) is 9.62. The van der Waals surface area contributed by atoms with E-state index in [4.69, 9.17) is 4.74 Å². The Morgan fingerprint density at radius 2 is 1.57 bits per heavy atom. The normalized spacial score (nSPS) is 12.3. The molecule has 0 unspecified atom stereocenters. The first-order chi connectivity index (χ1) is 19.8. The Labute approximate surface area is 250 Å². The van der Waals surface area contributed by atoms with Gasteiger partial charge in [0.2, 0.25) is 21.8 Å². The molecule has 0 aliphatic heterocycles. The van der Waals surface area contributed by atoms with Crippen LogP contribution in [0.3, 0.4) is 0 Å². The summed E-state index contributed by atoms with van der Waals surface area (Å²) >= 11 is 0. The van der Waals surface area contributed by atoms with Gasteiger partial charge in [0.15, 0.2) is 0 Å². The van der Waals surface area contributed by atoms with Gasteiger partial charge in [0.1, 0.15) is 11.8 Å². The zero-order valence-electron chi connectivity index (χ0n) is 25.5. The molecular formula is C33H43N3O5S. The first kappa shape index (κ1) is 32.7. The lowest BCUT2D eigenvalue weighted by atomic mass is 10.00. The van der Waals surface area contributed by atoms with Gasteiger partial charge in [-0.15, -0.1) is 0 Å². The lowest BCUT2D eigenvalue weighted by Gasteiger charge is -2.34. The second-order valence-corrected chi connectivity index (χ2v) is 13.5. The largest absolute Gasteiger partial charge is 0.495 e. The quantitative estimate of drug-likeness (QED) is 0.297. The first-order valence-electron chi connectivity index (χ1n) is 14.1. The van der Waals surface area contributed by atoms with Crippen LogP contribution in [-0.2, 0) is 32.6 Å². The fraction of sp³-hybridized carbons (Fsp3) is 0.394. The van der Waals surface area contributed by atoms with E-state index in [1.807, 2.05) is 82.3 Å². The smallest absolute Gasteiger partial charge is 0.243 e. The summed E-state index contributed by atoms with van der Waals surface area (Å²) in [6.07, 6.45) is 1.79. The predicted octanol–water partition coefficient (Wildman–Crippen LogP) is 5.10. The summed E-state index contributed by atoms with van der Waals surface area (Å²) < 4.78 is 32.1. The molecule has 3 rings (SSSR count). The number of hydrogen-bond donors (Lipinski definition) is 1. The van der Waals surface area contributed by atoms with Crippen molar-refractivity contribution in [2.45, 2.75) is 65.1 Å². The fourth-order valence-electron chi connectivity index (χ4n) is 4.83. The van der Waals surface area contributed by atoms with Crippen molar-refractivity contribution in [2.75, 3.05) is 24.2 Å². The highest BCUT2D eigenvalue weighted by atomic mass is 32.2. The maximum Gasteiger partial charge on any atom is 0.243 e. The Hall–Kier alpha value is -3.85. The molecule has 0 aliphatic carbocycles. The number of aryl methyl sites for hydroxylation is 1. The molecular weight excluding hydrogens is 550 g/mol. The summed E-state index contributed by atoms with van der Waals surface area (Å²) in [5.74, 6) is -0.0359. The number of anilines is 1. The molecule has 3 aromatic rings. The number of ether oxygens (including phenoxy) is 1. The molecule has 0 saturated heterocycles. The Morgan fingerprint density at radius 1 is 0.929 bits per heavy atom. The molecule has 0 fully saturated rings. The Kier molecular flexibility index (Phi) is 11.2. The van der Waals surface area contributed by atoms with Crippen LogP contribution in [0.5, 0.6) is 5.75 Å². The van der Waals surface area contributed by atoms with E-state index >= 15 is 0 Å². The standard InChI is InChI=1S/C33H43N3O5S/c1-25-14-12-17-27(22-25)24-35(29(32(38)34-33(2,3)4)23-26-15-8-7-9-16-26)31(37)20-13-21-36(42(6,39)40)28-18-10-11-19-30(28)41-5/h7-12,14-19,22,29H,13,20-21,23-24H2,1-6H3,(H,34,38)/t29-/m0/s1. The molecule has 0 saturated carbocycles. The minimum atomic E-state index is -3.65. The molecule has 0 heterocycles. The molecule has 9 heteroatoms. The van der Waals surface area contributed by atoms with Crippen LogP contribution in [0.1, 0.15) is 50.3 Å². The van der Waals surface area contributed by atoms with Gasteiger partial charge in [-0.25, -0.2) is 8.42 Å². The van der Waals surface area contributed by atoms with Gasteiger partial charge in [0.25, 0.3) is 0 Å². The lowest BCUT2D eigenvalue weighted by Crippen LogP contribution is -2.54. The average Bonchev–Trinajstić information content (AvgIpc) is 2.92. The van der Waals surface area contributed by atoms with E-state index in [2.05, 4.69) is 5.32 Å². The topological polar surface area (TPSA) is 96.0 Å². The van der Waals surface area contributed by atoms with Crippen molar-refractivity contribution in [3.63, 3.8) is 0 Å². The van der Waals surface area contributed by atoms with Gasteiger partial charge in [0.05, 0.1) is 19.1 Å². The minimum absolute atomic E-state index is 0.0566. The summed E-state index contributed by atoms with van der Waals surface area (Å²) in [7, 11) is -2.16. The van der Waals surface area contributed by atoms with E-state index in [-0.39, 0.29) is 37.7 Å². The number of nitrogens with one attached hydrogen (secondary N) is 1. The number of carbonyl (C=O) groups is 2. The summed E-state index contributed by atoms with van der Waals surface area (Å²) in [6, 6.07) is 23.6. The number of rotatable bonds is 13. The number of amides is 2. The summed E-state index contributed by atoms with van der Waals surface area (Å²) in [4.78, 5) is 29.3. The van der Waals surface area contributed by atoms with Crippen LogP contribution in [0.2, 0.25) is 0 Å². The molecule has 3 aromatic carbocycles. The molecule has 2 amide bonds. The van der Waals surface area contributed by atoms with Crippen molar-refractivity contribution >= 4 is 27.5 Å². The number of sulfonamides is 1. The van der Waals surface area contributed by atoms with Crippen LogP contribution in [0, 0.1) is 6.92 Å². The van der Waals surface area contributed by atoms with Gasteiger partial charge in [-0.2, -0.15) is 0 Å². The SMILES string of the molecule is COc1ccccc1N(CCCC(=O)N(Cc1cccc(C)c1)[C@@H](Cc1ccccc1)C(=O)NC(C)(C)C)S(C)(=O)=O. The fourth-order valence-corrected chi connectivity index (χ4v) is 5.80. The van der Waals surface area contributed by atoms with Crippen LogP contribution in [0.4, 0.5) is 5.69 Å². The molecule has 0 spiro atoms. The molecule has 226 valence electrons. The zero-order chi connectivity index (χ0) is 30.9. The van der Waals surface area contributed by atoms with Gasteiger partial charge in [-0.05, 0) is 57.4 Å². The van der Waals surface area contributed by atoms with Crippen LogP contribution in [0.25, 0.3) is 0 Å². The minimum Gasteiger partial charge on any atom is -0.495 e. The van der Waals surface area contributed by atoms with Crippen LogP contribution in [-0.4, -0.2) is 56.6 Å². The number of para-hydroxylation sites is 2. The molecule has 1 atom stereocenters. The zero-order valence-corrected chi connectivity index (χ0v) is 26.3. The van der Waals surface area contributed by atoms with Gasteiger partial charge in [0, 0.05) is 31.5 Å². The molecule has 0 aliphatic rings. The van der Waals surface area contributed by atoms with Gasteiger partial charge in [-0.3, -0.25) is 13.9 Å². The third-order valence-electron chi connectivity index (χ3n) is 6.71. The highest BCUT2D eigenvalue weighted by molar-refractivity contribution is 7.92. The van der Waals surface area contributed by atoms with E-state index in [0.717, 1.165) is 22.9 Å². The molecule has 42 heavy (non-hydrogen) atoms. The van der Waals surface area contributed by atoms with Crippen LogP contribution < -0.4 is 14.4 Å². The number of nitrogens with zero attached hydrogens (tertiary/aromatic N) is 2. The lowest BCUT2D eigenvalue weighted by molar-refractivity contribution is -0.142. The molecule has 0 radical (unpaired) electrons. The van der Waals surface area contributed by atoms with E-state index in [1.54, 1.807) is 29.2 Å². The van der Waals surface area contributed by atoms with E-state index < -0.39 is 21.6 Å². The molecule has 8 nitrogen and oxygen atoms in total. The Balaban J connectivity index is 1.92. The Bertz CT molecular complexity index is 1450. The molecule has 0 bridgehead atoms. The maximum atomic E-state index is 14.0. The van der Waals surface area contributed by atoms with Crippen molar-refractivity contribution in [1.29, 1.82) is 0 Å². The summed E-state index contributed by atoms with van der Waals surface area (Å²) in [6.45, 7) is 8.05. The van der Waals surface area contributed by atoms with E-state index in [9.17, 15) is 18.0 Å². The van der Waals surface area contributed by atoms with Crippen molar-refractivity contribution in [3.05, 3.63) is 95.6 Å². The monoisotopic (exact) mass is 593 g/mol. The average molecular weight is 594 g/mol. The van der Waals surface area contributed by atoms with Gasteiger partial charge < -0.3 is 15.0 Å². The Morgan fingerprint density at radius 3 is 2.19 bits per heavy atom. The van der Waals surface area contributed by atoms with Crippen molar-refractivity contribution in [2.24, 2.45) is 0 Å². The predicted molar refractivity (Wildman–Crippen MR) is 168 cm³/mol. The van der Waals surface area contributed by atoms with Crippen LogP contribution >= 0.6 is 0 Å². The summed E-state index contributed by atoms with van der Waals surface area (Å²) in [5.41, 5.74) is 2.83. The first-order valence-corrected chi connectivity index (χ1v) is 15.9. The van der Waals surface area contributed by atoms with Crippen molar-refractivity contribution < 1.29 is 22.7 Å². The number of benzene rings is 3. The van der Waals surface area contributed by atoms with Crippen molar-refractivity contribution in [3.8, 4) is 5.75 Å². The third-order valence-corrected chi connectivity index (χ3v) is 7.89. The highest BCUT2D eigenvalue weighted by Crippen LogP contribution is 2.30. The van der Waals surface area contributed by atoms with Gasteiger partial charge >= 0.3 is 0 Å². The second-order valence-electron chi connectivity index (χ2n) is 11.6. The number of methoxy groups -OCH3 is 1. The van der Waals surface area contributed by atoms with E-state index in [1.165, 1.54) is 11.4 Å². The maximum absolute atomic E-state index is 14.0. The van der Waals surface area contributed by atoms with Crippen molar-refractivity contribution in [1.82, 2.24) is 10.2 Å². The molecule has 1 N–H and O–H groups in total.